The summed E-state index contributed by atoms with van der Waals surface area (Å²) in [5, 5.41) is 2.88. The van der Waals surface area contributed by atoms with Gasteiger partial charge in [0.25, 0.3) is 5.91 Å². The highest BCUT2D eigenvalue weighted by Gasteiger charge is 2.20. The summed E-state index contributed by atoms with van der Waals surface area (Å²) in [5.74, 6) is 0.808. The van der Waals surface area contributed by atoms with Gasteiger partial charge in [-0.2, -0.15) is 0 Å². The van der Waals surface area contributed by atoms with Gasteiger partial charge in [0.2, 0.25) is 0 Å². The highest BCUT2D eigenvalue weighted by atomic mass is 16.3. The topological polar surface area (TPSA) is 42.2 Å². The molecule has 0 radical (unpaired) electrons. The number of nitrogens with one attached hydrogen (secondary N) is 1. The first kappa shape index (κ1) is 12.4. The maximum atomic E-state index is 12.3. The van der Waals surface area contributed by atoms with E-state index in [0.717, 1.165) is 11.3 Å². The molecular formula is C15H17NO2. The minimum atomic E-state index is -0.115. The predicted octanol–water partition coefficient (Wildman–Crippen LogP) is 3.96. The van der Waals surface area contributed by atoms with Gasteiger partial charge in [0.1, 0.15) is 5.76 Å². The molecule has 0 spiro atoms. The summed E-state index contributed by atoms with van der Waals surface area (Å²) in [6.07, 6.45) is 1.67. The van der Waals surface area contributed by atoms with Crippen molar-refractivity contribution in [3.63, 3.8) is 0 Å². The summed E-state index contributed by atoms with van der Waals surface area (Å²) in [6.45, 7) is 5.90. The van der Waals surface area contributed by atoms with E-state index in [1.54, 1.807) is 6.26 Å². The Kier molecular flexibility index (Phi) is 3.51. The Hall–Kier alpha value is -2.03. The van der Waals surface area contributed by atoms with Gasteiger partial charge in [-0.3, -0.25) is 4.79 Å². The molecule has 0 saturated heterocycles. The first-order valence-electron chi connectivity index (χ1n) is 6.04. The Morgan fingerprint density at radius 1 is 1.22 bits per heavy atom. The van der Waals surface area contributed by atoms with Crippen molar-refractivity contribution in [3.05, 3.63) is 53.5 Å². The number of furan rings is 1. The number of rotatable bonds is 3. The van der Waals surface area contributed by atoms with Crippen molar-refractivity contribution in [3.8, 4) is 0 Å². The lowest BCUT2D eigenvalue weighted by molar-refractivity contribution is 0.102. The van der Waals surface area contributed by atoms with Crippen LogP contribution in [0.25, 0.3) is 0 Å². The zero-order valence-corrected chi connectivity index (χ0v) is 10.9. The third kappa shape index (κ3) is 2.45. The average Bonchev–Trinajstić information content (AvgIpc) is 2.72. The van der Waals surface area contributed by atoms with E-state index in [1.807, 2.05) is 51.1 Å². The Morgan fingerprint density at radius 3 is 2.50 bits per heavy atom. The van der Waals surface area contributed by atoms with Crippen LogP contribution in [0, 0.1) is 6.92 Å². The monoisotopic (exact) mass is 243 g/mol. The van der Waals surface area contributed by atoms with Crippen LogP contribution >= 0.6 is 0 Å². The molecule has 2 aromatic rings. The Balaban J connectivity index is 2.27. The Morgan fingerprint density at radius 2 is 1.89 bits per heavy atom. The van der Waals surface area contributed by atoms with E-state index >= 15 is 0 Å². The molecule has 1 aromatic carbocycles. The lowest BCUT2D eigenvalue weighted by Gasteiger charge is -2.08. The number of benzene rings is 1. The van der Waals surface area contributed by atoms with Crippen LogP contribution in [-0.4, -0.2) is 5.91 Å². The molecule has 0 saturated carbocycles. The molecule has 1 amide bonds. The van der Waals surface area contributed by atoms with Gasteiger partial charge in [0, 0.05) is 11.3 Å². The minimum absolute atomic E-state index is 0.115. The number of hydrogen-bond donors (Lipinski definition) is 1. The van der Waals surface area contributed by atoms with Gasteiger partial charge in [-0.15, -0.1) is 0 Å². The number of carbonyl (C=O) groups is 1. The fourth-order valence-corrected chi connectivity index (χ4v) is 1.90. The van der Waals surface area contributed by atoms with Crippen LogP contribution in [0.5, 0.6) is 0 Å². The van der Waals surface area contributed by atoms with E-state index in [1.165, 1.54) is 0 Å². The number of anilines is 1. The highest BCUT2D eigenvalue weighted by molar-refractivity contribution is 6.06. The zero-order valence-electron chi connectivity index (χ0n) is 10.9. The van der Waals surface area contributed by atoms with E-state index < -0.39 is 0 Å². The molecule has 0 atom stereocenters. The first-order valence-corrected chi connectivity index (χ1v) is 6.04. The van der Waals surface area contributed by atoms with Crippen LogP contribution in [0.3, 0.4) is 0 Å². The smallest absolute Gasteiger partial charge is 0.259 e. The number of para-hydroxylation sites is 1. The van der Waals surface area contributed by atoms with Gasteiger partial charge in [-0.25, -0.2) is 0 Å². The summed E-state index contributed by atoms with van der Waals surface area (Å²) in [7, 11) is 0. The molecular weight excluding hydrogens is 226 g/mol. The summed E-state index contributed by atoms with van der Waals surface area (Å²) < 4.78 is 5.35. The molecule has 0 aliphatic rings. The molecule has 0 bridgehead atoms. The molecule has 1 N–H and O–H groups in total. The number of hydrogen-bond acceptors (Lipinski definition) is 2. The third-order valence-corrected chi connectivity index (χ3v) is 2.88. The minimum Gasteiger partial charge on any atom is -0.468 e. The van der Waals surface area contributed by atoms with E-state index in [2.05, 4.69) is 5.32 Å². The summed E-state index contributed by atoms with van der Waals surface area (Å²) in [4.78, 5) is 12.3. The third-order valence-electron chi connectivity index (χ3n) is 2.88. The van der Waals surface area contributed by atoms with Crippen molar-refractivity contribution in [2.75, 3.05) is 5.32 Å². The lowest BCUT2D eigenvalue weighted by Crippen LogP contribution is -2.14. The molecule has 0 aliphatic carbocycles. The first-order chi connectivity index (χ1) is 8.59. The second kappa shape index (κ2) is 5.08. The molecule has 94 valence electrons. The second-order valence-electron chi connectivity index (χ2n) is 4.60. The largest absolute Gasteiger partial charge is 0.468 e. The van der Waals surface area contributed by atoms with Crippen molar-refractivity contribution in [2.45, 2.75) is 26.7 Å². The number of carbonyl (C=O) groups excluding carboxylic acids is 1. The molecule has 1 aromatic heterocycles. The lowest BCUT2D eigenvalue weighted by atomic mass is 10.00. The van der Waals surface area contributed by atoms with Crippen LogP contribution < -0.4 is 5.32 Å². The molecule has 18 heavy (non-hydrogen) atoms. The molecule has 3 nitrogen and oxygen atoms in total. The van der Waals surface area contributed by atoms with Gasteiger partial charge in [0.05, 0.1) is 11.8 Å². The highest BCUT2D eigenvalue weighted by Crippen LogP contribution is 2.25. The van der Waals surface area contributed by atoms with E-state index in [0.29, 0.717) is 11.3 Å². The van der Waals surface area contributed by atoms with Crippen molar-refractivity contribution >= 4 is 11.6 Å². The Labute approximate surface area is 107 Å². The van der Waals surface area contributed by atoms with Gasteiger partial charge in [-0.1, -0.05) is 32.0 Å². The molecule has 0 fully saturated rings. The van der Waals surface area contributed by atoms with E-state index in [-0.39, 0.29) is 11.8 Å². The van der Waals surface area contributed by atoms with Gasteiger partial charge in [-0.05, 0) is 25.0 Å². The maximum Gasteiger partial charge on any atom is 0.259 e. The van der Waals surface area contributed by atoms with Crippen LogP contribution in [-0.2, 0) is 0 Å². The van der Waals surface area contributed by atoms with Crippen molar-refractivity contribution in [1.29, 1.82) is 0 Å². The quantitative estimate of drug-likeness (QED) is 0.886. The fourth-order valence-electron chi connectivity index (χ4n) is 1.90. The van der Waals surface area contributed by atoms with Gasteiger partial charge >= 0.3 is 0 Å². The predicted molar refractivity (Wildman–Crippen MR) is 71.9 cm³/mol. The van der Waals surface area contributed by atoms with Crippen LogP contribution in [0.15, 0.2) is 41.0 Å². The normalized spacial score (nSPS) is 10.7. The van der Waals surface area contributed by atoms with Gasteiger partial charge < -0.3 is 9.73 Å². The summed E-state index contributed by atoms with van der Waals surface area (Å²) >= 11 is 0. The standard InChI is InChI=1S/C15H17NO2/c1-10(2)13-9-18-11(3)14(13)15(17)16-12-7-5-4-6-8-12/h4-10H,1-3H3,(H,16,17). The maximum absolute atomic E-state index is 12.3. The van der Waals surface area contributed by atoms with Crippen LogP contribution in [0.1, 0.15) is 41.4 Å². The average molecular weight is 243 g/mol. The molecule has 0 aliphatic heterocycles. The zero-order chi connectivity index (χ0) is 13.1. The second-order valence-corrected chi connectivity index (χ2v) is 4.60. The van der Waals surface area contributed by atoms with Crippen LogP contribution in [0.2, 0.25) is 0 Å². The van der Waals surface area contributed by atoms with E-state index in [4.69, 9.17) is 4.42 Å². The summed E-state index contributed by atoms with van der Waals surface area (Å²) in [6, 6.07) is 9.42. The summed E-state index contributed by atoms with van der Waals surface area (Å²) in [5.41, 5.74) is 2.38. The fraction of sp³-hybridized carbons (Fsp3) is 0.267. The Bertz CT molecular complexity index is 541. The molecule has 2 rings (SSSR count). The van der Waals surface area contributed by atoms with Gasteiger partial charge in [0.15, 0.2) is 0 Å². The number of aryl methyl sites for hydroxylation is 1. The molecule has 3 heteroatoms. The SMILES string of the molecule is Cc1occ(C(C)C)c1C(=O)Nc1ccccc1. The molecule has 1 heterocycles. The van der Waals surface area contributed by atoms with Crippen LogP contribution in [0.4, 0.5) is 5.69 Å². The van der Waals surface area contributed by atoms with Crippen molar-refractivity contribution in [1.82, 2.24) is 0 Å². The number of amides is 1. The molecule has 0 unspecified atom stereocenters. The van der Waals surface area contributed by atoms with Crippen molar-refractivity contribution in [2.24, 2.45) is 0 Å². The van der Waals surface area contributed by atoms with E-state index in [9.17, 15) is 4.79 Å². The van der Waals surface area contributed by atoms with Crippen molar-refractivity contribution < 1.29 is 9.21 Å².